The standard InChI is InChI=1S/C30H42N2O4/c1-8-9-10-11-20(23-14-12-21(17-26(23)36-7)28(34)19(2)3)18-27(33)32-25-16-22(29(31)35)13-15-24(25)30(4,5)6/h12-17,19-20H,8-11,18H2,1-7H3,(H2,31,35)(H,32,33). The van der Waals surface area contributed by atoms with Crippen molar-refractivity contribution in [1.29, 1.82) is 0 Å². The molecule has 0 heterocycles. The third kappa shape index (κ3) is 7.67. The monoisotopic (exact) mass is 494 g/mol. The maximum absolute atomic E-state index is 13.3. The Hall–Kier alpha value is -3.15. The van der Waals surface area contributed by atoms with Crippen molar-refractivity contribution in [3.05, 3.63) is 58.7 Å². The number of primary amides is 1. The first kappa shape index (κ1) is 29.1. The zero-order valence-corrected chi connectivity index (χ0v) is 22.9. The fourth-order valence-corrected chi connectivity index (χ4v) is 4.42. The van der Waals surface area contributed by atoms with Gasteiger partial charge in [0.1, 0.15) is 5.75 Å². The molecule has 0 saturated heterocycles. The molecule has 0 aromatic heterocycles. The number of rotatable bonds is 12. The molecule has 0 spiro atoms. The highest BCUT2D eigenvalue weighted by atomic mass is 16.5. The molecule has 6 nitrogen and oxygen atoms in total. The van der Waals surface area contributed by atoms with E-state index in [-0.39, 0.29) is 35.4 Å². The normalized spacial score (nSPS) is 12.3. The number of amides is 2. The summed E-state index contributed by atoms with van der Waals surface area (Å²) in [6.07, 6.45) is 4.20. The molecule has 0 aliphatic rings. The topological polar surface area (TPSA) is 98.5 Å². The molecule has 0 fully saturated rings. The number of ether oxygens (including phenoxy) is 1. The number of anilines is 1. The number of carbonyl (C=O) groups excluding carboxylic acids is 3. The van der Waals surface area contributed by atoms with Gasteiger partial charge in [0.2, 0.25) is 11.8 Å². The van der Waals surface area contributed by atoms with Crippen molar-refractivity contribution in [2.45, 2.75) is 85.0 Å². The number of benzene rings is 2. The molecule has 36 heavy (non-hydrogen) atoms. The smallest absolute Gasteiger partial charge is 0.248 e. The molecule has 196 valence electrons. The molecule has 0 saturated carbocycles. The van der Waals surface area contributed by atoms with Crippen LogP contribution in [0.1, 0.15) is 111 Å². The van der Waals surface area contributed by atoms with Gasteiger partial charge < -0.3 is 15.8 Å². The van der Waals surface area contributed by atoms with Crippen molar-refractivity contribution in [1.82, 2.24) is 0 Å². The van der Waals surface area contributed by atoms with Crippen LogP contribution < -0.4 is 15.8 Å². The van der Waals surface area contributed by atoms with Crippen LogP contribution in [0, 0.1) is 5.92 Å². The van der Waals surface area contributed by atoms with E-state index >= 15 is 0 Å². The minimum atomic E-state index is -0.538. The second kappa shape index (κ2) is 12.7. The maximum Gasteiger partial charge on any atom is 0.248 e. The van der Waals surface area contributed by atoms with Gasteiger partial charge in [-0.3, -0.25) is 14.4 Å². The lowest BCUT2D eigenvalue weighted by Gasteiger charge is -2.25. The number of unbranched alkanes of at least 4 members (excludes halogenated alkanes) is 2. The van der Waals surface area contributed by atoms with E-state index in [4.69, 9.17) is 10.5 Å². The lowest BCUT2D eigenvalue weighted by molar-refractivity contribution is -0.116. The van der Waals surface area contributed by atoms with Crippen LogP contribution in [0.3, 0.4) is 0 Å². The summed E-state index contributed by atoms with van der Waals surface area (Å²) in [7, 11) is 1.59. The first-order valence-electron chi connectivity index (χ1n) is 12.8. The second-order valence-electron chi connectivity index (χ2n) is 10.8. The molecule has 1 unspecified atom stereocenters. The van der Waals surface area contributed by atoms with Gasteiger partial charge in [0.05, 0.1) is 7.11 Å². The molecule has 2 aromatic rings. The quantitative estimate of drug-likeness (QED) is 0.256. The summed E-state index contributed by atoms with van der Waals surface area (Å²) in [5.74, 6) is -0.185. The Morgan fingerprint density at radius 2 is 1.67 bits per heavy atom. The lowest BCUT2D eigenvalue weighted by Crippen LogP contribution is -2.22. The summed E-state index contributed by atoms with van der Waals surface area (Å²) < 4.78 is 5.67. The van der Waals surface area contributed by atoms with Gasteiger partial charge in [0.25, 0.3) is 0 Å². The molecular formula is C30H42N2O4. The Bertz CT molecular complexity index is 1080. The van der Waals surface area contributed by atoms with Crippen LogP contribution in [0.25, 0.3) is 0 Å². The third-order valence-corrected chi connectivity index (χ3v) is 6.46. The van der Waals surface area contributed by atoms with E-state index in [1.165, 1.54) is 0 Å². The van der Waals surface area contributed by atoms with E-state index in [2.05, 4.69) is 33.0 Å². The van der Waals surface area contributed by atoms with Crippen molar-refractivity contribution in [3.8, 4) is 5.75 Å². The number of hydrogen-bond donors (Lipinski definition) is 2. The molecule has 2 amide bonds. The highest BCUT2D eigenvalue weighted by molar-refractivity contribution is 5.98. The number of carbonyl (C=O) groups is 3. The molecule has 3 N–H and O–H groups in total. The zero-order chi connectivity index (χ0) is 27.0. The Morgan fingerprint density at radius 1 is 1.00 bits per heavy atom. The Kier molecular flexibility index (Phi) is 10.3. The van der Waals surface area contributed by atoms with Crippen LogP contribution in [-0.2, 0) is 10.2 Å². The number of methoxy groups -OCH3 is 1. The summed E-state index contributed by atoms with van der Waals surface area (Å²) in [6, 6.07) is 10.7. The van der Waals surface area contributed by atoms with E-state index in [9.17, 15) is 14.4 Å². The summed E-state index contributed by atoms with van der Waals surface area (Å²) >= 11 is 0. The molecule has 1 atom stereocenters. The van der Waals surface area contributed by atoms with Crippen LogP contribution >= 0.6 is 0 Å². The van der Waals surface area contributed by atoms with Crippen LogP contribution in [0.5, 0.6) is 5.75 Å². The van der Waals surface area contributed by atoms with Gasteiger partial charge in [0.15, 0.2) is 5.78 Å². The summed E-state index contributed by atoms with van der Waals surface area (Å²) in [5.41, 5.74) is 8.67. The minimum Gasteiger partial charge on any atom is -0.496 e. The van der Waals surface area contributed by atoms with Crippen molar-refractivity contribution >= 4 is 23.3 Å². The molecule has 0 radical (unpaired) electrons. The van der Waals surface area contributed by atoms with Crippen LogP contribution in [0.2, 0.25) is 0 Å². The van der Waals surface area contributed by atoms with Gasteiger partial charge in [-0.05, 0) is 47.1 Å². The van der Waals surface area contributed by atoms with Crippen LogP contribution in [0.15, 0.2) is 36.4 Å². The molecule has 6 heteroatoms. The summed E-state index contributed by atoms with van der Waals surface area (Å²) in [5, 5.41) is 3.04. The Morgan fingerprint density at radius 3 is 2.22 bits per heavy atom. The predicted octanol–water partition coefficient (Wildman–Crippen LogP) is 6.62. The molecule has 0 bridgehead atoms. The zero-order valence-electron chi connectivity index (χ0n) is 22.9. The number of Topliss-reactive ketones (excluding diaryl/α,β-unsaturated/α-hetero) is 1. The van der Waals surface area contributed by atoms with Gasteiger partial charge >= 0.3 is 0 Å². The SMILES string of the molecule is CCCCCC(CC(=O)Nc1cc(C(N)=O)ccc1C(C)(C)C)c1ccc(C(=O)C(C)C)cc1OC. The first-order valence-corrected chi connectivity index (χ1v) is 12.8. The largest absolute Gasteiger partial charge is 0.496 e. The number of ketones is 1. The van der Waals surface area contributed by atoms with Crippen LogP contribution in [-0.4, -0.2) is 24.7 Å². The lowest BCUT2D eigenvalue weighted by atomic mass is 9.84. The Balaban J connectivity index is 2.38. The van der Waals surface area contributed by atoms with Gasteiger partial charge in [-0.15, -0.1) is 0 Å². The van der Waals surface area contributed by atoms with Crippen molar-refractivity contribution in [3.63, 3.8) is 0 Å². The van der Waals surface area contributed by atoms with Gasteiger partial charge in [-0.1, -0.05) is 79.0 Å². The van der Waals surface area contributed by atoms with Crippen molar-refractivity contribution in [2.75, 3.05) is 12.4 Å². The van der Waals surface area contributed by atoms with Crippen LogP contribution in [0.4, 0.5) is 5.69 Å². The van der Waals surface area contributed by atoms with E-state index in [1.54, 1.807) is 25.3 Å². The molecule has 0 aliphatic heterocycles. The maximum atomic E-state index is 13.3. The summed E-state index contributed by atoms with van der Waals surface area (Å²) in [4.78, 5) is 37.6. The highest BCUT2D eigenvalue weighted by Crippen LogP contribution is 2.36. The van der Waals surface area contributed by atoms with Gasteiger partial charge in [-0.25, -0.2) is 0 Å². The average Bonchev–Trinajstić information content (AvgIpc) is 2.81. The third-order valence-electron chi connectivity index (χ3n) is 6.46. The fraction of sp³-hybridized carbons (Fsp3) is 0.500. The van der Waals surface area contributed by atoms with E-state index < -0.39 is 5.91 Å². The first-order chi connectivity index (χ1) is 16.9. The summed E-state index contributed by atoms with van der Waals surface area (Å²) in [6.45, 7) is 12.1. The number of hydrogen-bond acceptors (Lipinski definition) is 4. The van der Waals surface area contributed by atoms with Crippen molar-refractivity contribution in [2.24, 2.45) is 11.7 Å². The predicted molar refractivity (Wildman–Crippen MR) is 146 cm³/mol. The molecule has 2 aromatic carbocycles. The number of nitrogens with two attached hydrogens (primary N) is 1. The second-order valence-corrected chi connectivity index (χ2v) is 10.8. The average molecular weight is 495 g/mol. The molecule has 2 rings (SSSR count). The highest BCUT2D eigenvalue weighted by Gasteiger charge is 2.24. The molecule has 0 aliphatic carbocycles. The van der Waals surface area contributed by atoms with Crippen molar-refractivity contribution < 1.29 is 19.1 Å². The van der Waals surface area contributed by atoms with E-state index in [0.29, 0.717) is 22.6 Å². The van der Waals surface area contributed by atoms with E-state index in [0.717, 1.165) is 36.8 Å². The van der Waals surface area contributed by atoms with E-state index in [1.807, 2.05) is 32.0 Å². The molecular weight excluding hydrogens is 452 g/mol. The minimum absolute atomic E-state index is 0.0594. The number of nitrogens with one attached hydrogen (secondary N) is 1. The fourth-order valence-electron chi connectivity index (χ4n) is 4.42. The van der Waals surface area contributed by atoms with Gasteiger partial charge in [-0.2, -0.15) is 0 Å². The van der Waals surface area contributed by atoms with Gasteiger partial charge in [0, 0.05) is 29.2 Å². The Labute approximate surface area is 216 Å².